The van der Waals surface area contributed by atoms with Gasteiger partial charge in [-0.05, 0) is 31.2 Å². The standard InChI is InChI=1S/C19H17Cl2N3O2S/c1-11-6-8-12(9-7-11)22-16(25)10-15-18(26)24(2)19(27-15)23-14-5-3-4-13(20)17(14)21/h3-9,15H,10H2,1-2H3,(H,22,25). The molecule has 3 rings (SSSR count). The molecule has 1 heterocycles. The number of hydrogen-bond donors (Lipinski definition) is 1. The number of carbonyl (C=O) groups is 2. The van der Waals surface area contributed by atoms with Crippen molar-refractivity contribution in [2.24, 2.45) is 4.99 Å². The third kappa shape index (κ3) is 4.64. The summed E-state index contributed by atoms with van der Waals surface area (Å²) in [6.07, 6.45) is 0.0595. The van der Waals surface area contributed by atoms with Gasteiger partial charge < -0.3 is 5.32 Å². The molecule has 2 aromatic rings. The van der Waals surface area contributed by atoms with E-state index in [4.69, 9.17) is 23.2 Å². The lowest BCUT2D eigenvalue weighted by atomic mass is 10.2. The Balaban J connectivity index is 1.70. The molecule has 0 aromatic heterocycles. The lowest BCUT2D eigenvalue weighted by Crippen LogP contribution is -2.30. The van der Waals surface area contributed by atoms with Crippen LogP contribution >= 0.6 is 35.0 Å². The Morgan fingerprint density at radius 1 is 1.22 bits per heavy atom. The molecule has 1 fully saturated rings. The summed E-state index contributed by atoms with van der Waals surface area (Å²) >= 11 is 13.4. The third-order valence-corrected chi connectivity index (χ3v) is 6.03. The van der Waals surface area contributed by atoms with Crippen LogP contribution < -0.4 is 5.32 Å². The summed E-state index contributed by atoms with van der Waals surface area (Å²) in [5, 5.41) is 3.48. The number of aryl methyl sites for hydroxylation is 1. The normalized spacial score (nSPS) is 18.2. The SMILES string of the molecule is Cc1ccc(NC(=O)CC2SC(=Nc3cccc(Cl)c3Cl)N(C)C2=O)cc1. The topological polar surface area (TPSA) is 61.8 Å². The molecule has 0 saturated carbocycles. The van der Waals surface area contributed by atoms with E-state index in [1.54, 1.807) is 25.2 Å². The van der Waals surface area contributed by atoms with Crippen LogP contribution in [0.4, 0.5) is 11.4 Å². The highest BCUT2D eigenvalue weighted by Crippen LogP contribution is 2.35. The number of thioether (sulfide) groups is 1. The van der Waals surface area contributed by atoms with Crippen LogP contribution in [0.1, 0.15) is 12.0 Å². The van der Waals surface area contributed by atoms with E-state index >= 15 is 0 Å². The summed E-state index contributed by atoms with van der Waals surface area (Å²) < 4.78 is 0. The first-order valence-electron chi connectivity index (χ1n) is 8.18. The van der Waals surface area contributed by atoms with Gasteiger partial charge in [-0.15, -0.1) is 0 Å². The second kappa shape index (κ2) is 8.33. The number of nitrogens with zero attached hydrogens (tertiary/aromatic N) is 2. The fourth-order valence-corrected chi connectivity index (χ4v) is 3.98. The van der Waals surface area contributed by atoms with Crippen LogP contribution in [0.25, 0.3) is 0 Å². The predicted octanol–water partition coefficient (Wildman–Crippen LogP) is 4.89. The Morgan fingerprint density at radius 2 is 1.93 bits per heavy atom. The molecule has 2 amide bonds. The zero-order chi connectivity index (χ0) is 19.6. The maximum Gasteiger partial charge on any atom is 0.242 e. The van der Waals surface area contributed by atoms with Gasteiger partial charge in [0, 0.05) is 19.2 Å². The Kier molecular flexibility index (Phi) is 6.09. The molecule has 8 heteroatoms. The number of nitrogens with one attached hydrogen (secondary N) is 1. The monoisotopic (exact) mass is 421 g/mol. The van der Waals surface area contributed by atoms with Crippen LogP contribution in [0, 0.1) is 6.92 Å². The smallest absolute Gasteiger partial charge is 0.242 e. The Hall–Kier alpha value is -2.02. The van der Waals surface area contributed by atoms with Crippen molar-refractivity contribution in [3.8, 4) is 0 Å². The minimum Gasteiger partial charge on any atom is -0.326 e. The van der Waals surface area contributed by atoms with Crippen LogP contribution in [-0.4, -0.2) is 34.2 Å². The van der Waals surface area contributed by atoms with Gasteiger partial charge in [0.05, 0.1) is 15.7 Å². The van der Waals surface area contributed by atoms with E-state index in [0.717, 1.165) is 5.56 Å². The van der Waals surface area contributed by atoms with Crippen molar-refractivity contribution in [2.45, 2.75) is 18.6 Å². The average molecular weight is 422 g/mol. The largest absolute Gasteiger partial charge is 0.326 e. The lowest BCUT2D eigenvalue weighted by molar-refractivity contribution is -0.127. The molecule has 140 valence electrons. The van der Waals surface area contributed by atoms with Crippen molar-refractivity contribution in [3.63, 3.8) is 0 Å². The zero-order valence-corrected chi connectivity index (χ0v) is 17.0. The van der Waals surface area contributed by atoms with E-state index in [2.05, 4.69) is 10.3 Å². The van der Waals surface area contributed by atoms with Crippen molar-refractivity contribution in [1.29, 1.82) is 0 Å². The van der Waals surface area contributed by atoms with E-state index in [9.17, 15) is 9.59 Å². The van der Waals surface area contributed by atoms with Gasteiger partial charge in [-0.25, -0.2) is 4.99 Å². The molecular weight excluding hydrogens is 405 g/mol. The molecule has 0 aliphatic carbocycles. The van der Waals surface area contributed by atoms with Gasteiger partial charge in [-0.2, -0.15) is 0 Å². The van der Waals surface area contributed by atoms with Crippen molar-refractivity contribution in [1.82, 2.24) is 4.90 Å². The number of hydrogen-bond acceptors (Lipinski definition) is 4. The maximum absolute atomic E-state index is 12.5. The molecule has 1 N–H and O–H groups in total. The molecule has 27 heavy (non-hydrogen) atoms. The van der Waals surface area contributed by atoms with Crippen molar-refractivity contribution >= 4 is 63.3 Å². The molecule has 0 bridgehead atoms. The quantitative estimate of drug-likeness (QED) is 0.763. The van der Waals surface area contributed by atoms with Crippen LogP contribution in [0.2, 0.25) is 10.0 Å². The first-order valence-corrected chi connectivity index (χ1v) is 9.82. The van der Waals surface area contributed by atoms with Crippen LogP contribution in [0.5, 0.6) is 0 Å². The van der Waals surface area contributed by atoms with Gasteiger partial charge in [-0.1, -0.05) is 58.7 Å². The van der Waals surface area contributed by atoms with Crippen molar-refractivity contribution in [3.05, 3.63) is 58.1 Å². The molecule has 1 aliphatic rings. The van der Waals surface area contributed by atoms with Gasteiger partial charge >= 0.3 is 0 Å². The van der Waals surface area contributed by atoms with Gasteiger partial charge in [0.2, 0.25) is 11.8 Å². The van der Waals surface area contributed by atoms with Crippen LogP contribution in [0.15, 0.2) is 47.5 Å². The first kappa shape index (κ1) is 19.7. The summed E-state index contributed by atoms with van der Waals surface area (Å²) in [5.41, 5.74) is 2.29. The molecular formula is C19H17Cl2N3O2S. The lowest BCUT2D eigenvalue weighted by Gasteiger charge is -2.09. The van der Waals surface area contributed by atoms with E-state index in [1.165, 1.54) is 16.7 Å². The minimum absolute atomic E-state index is 0.0595. The number of amidine groups is 1. The van der Waals surface area contributed by atoms with Crippen molar-refractivity contribution < 1.29 is 9.59 Å². The number of rotatable bonds is 4. The fourth-order valence-electron chi connectivity index (χ4n) is 2.50. The summed E-state index contributed by atoms with van der Waals surface area (Å²) in [6.45, 7) is 1.97. The molecule has 1 saturated heterocycles. The van der Waals surface area contributed by atoms with Gasteiger partial charge in [0.1, 0.15) is 5.25 Å². The number of anilines is 1. The van der Waals surface area contributed by atoms with E-state index < -0.39 is 5.25 Å². The van der Waals surface area contributed by atoms with E-state index in [-0.39, 0.29) is 18.2 Å². The Bertz CT molecular complexity index is 916. The molecule has 1 unspecified atom stereocenters. The average Bonchev–Trinajstić information content (AvgIpc) is 2.89. The fraction of sp³-hybridized carbons (Fsp3) is 0.211. The van der Waals surface area contributed by atoms with Crippen LogP contribution in [-0.2, 0) is 9.59 Å². The summed E-state index contributed by atoms with van der Waals surface area (Å²) in [7, 11) is 1.63. The second-order valence-corrected chi connectivity index (χ2v) is 8.04. The summed E-state index contributed by atoms with van der Waals surface area (Å²) in [5.74, 6) is -0.393. The maximum atomic E-state index is 12.5. The van der Waals surface area contributed by atoms with Crippen LogP contribution in [0.3, 0.4) is 0 Å². The summed E-state index contributed by atoms with van der Waals surface area (Å²) in [6, 6.07) is 12.6. The highest BCUT2D eigenvalue weighted by molar-refractivity contribution is 8.15. The Morgan fingerprint density at radius 3 is 2.63 bits per heavy atom. The zero-order valence-electron chi connectivity index (χ0n) is 14.7. The molecule has 1 atom stereocenters. The molecule has 5 nitrogen and oxygen atoms in total. The molecule has 0 radical (unpaired) electrons. The molecule has 1 aliphatic heterocycles. The number of aliphatic imine (C=N–C) groups is 1. The number of benzene rings is 2. The van der Waals surface area contributed by atoms with E-state index in [0.29, 0.717) is 26.6 Å². The number of carbonyl (C=O) groups excluding carboxylic acids is 2. The van der Waals surface area contributed by atoms with Gasteiger partial charge in [0.25, 0.3) is 0 Å². The highest BCUT2D eigenvalue weighted by atomic mass is 35.5. The number of amides is 2. The summed E-state index contributed by atoms with van der Waals surface area (Å²) in [4.78, 5) is 30.6. The molecule has 2 aromatic carbocycles. The minimum atomic E-state index is -0.530. The first-order chi connectivity index (χ1) is 12.8. The third-order valence-electron chi connectivity index (χ3n) is 3.99. The molecule has 0 spiro atoms. The predicted molar refractivity (Wildman–Crippen MR) is 112 cm³/mol. The van der Waals surface area contributed by atoms with E-state index in [1.807, 2.05) is 31.2 Å². The van der Waals surface area contributed by atoms with Gasteiger partial charge in [-0.3, -0.25) is 14.5 Å². The second-order valence-electron chi connectivity index (χ2n) is 6.09. The Labute approximate surface area is 171 Å². The highest BCUT2D eigenvalue weighted by Gasteiger charge is 2.37. The van der Waals surface area contributed by atoms with Crippen molar-refractivity contribution in [2.75, 3.05) is 12.4 Å². The van der Waals surface area contributed by atoms with Gasteiger partial charge in [0.15, 0.2) is 5.17 Å². The number of halogens is 2.